The summed E-state index contributed by atoms with van der Waals surface area (Å²) in [5.74, 6) is -0.884. The number of hydrogen-bond acceptors (Lipinski definition) is 4. The van der Waals surface area contributed by atoms with E-state index < -0.39 is 5.92 Å². The molecule has 0 bridgehead atoms. The van der Waals surface area contributed by atoms with Crippen molar-refractivity contribution in [2.45, 2.75) is 13.3 Å². The molecule has 3 amide bonds. The molecule has 2 aliphatic heterocycles. The zero-order chi connectivity index (χ0) is 17.8. The van der Waals surface area contributed by atoms with Gasteiger partial charge < -0.3 is 19.4 Å². The Bertz CT molecular complexity index is 641. The highest BCUT2D eigenvalue weighted by molar-refractivity contribution is 6.09. The molecule has 1 aromatic rings. The number of carbonyl (C=O) groups is 3. The van der Waals surface area contributed by atoms with Crippen molar-refractivity contribution < 1.29 is 19.1 Å². The molecule has 0 aromatic heterocycles. The van der Waals surface area contributed by atoms with Gasteiger partial charge in [0.15, 0.2) is 0 Å². The van der Waals surface area contributed by atoms with Crippen LogP contribution < -0.4 is 4.90 Å². The van der Waals surface area contributed by atoms with Crippen molar-refractivity contribution in [2.24, 2.45) is 5.92 Å². The average Bonchev–Trinajstić information content (AvgIpc) is 3.03. The van der Waals surface area contributed by atoms with Gasteiger partial charge in [-0.05, 0) is 25.5 Å². The Labute approximate surface area is 147 Å². The van der Waals surface area contributed by atoms with Crippen LogP contribution in [0.1, 0.15) is 13.3 Å². The van der Waals surface area contributed by atoms with Crippen molar-refractivity contribution in [3.05, 3.63) is 30.3 Å². The van der Waals surface area contributed by atoms with Gasteiger partial charge in [0, 0.05) is 38.4 Å². The third kappa shape index (κ3) is 3.60. The highest BCUT2D eigenvalue weighted by Crippen LogP contribution is 2.26. The van der Waals surface area contributed by atoms with E-state index in [-0.39, 0.29) is 17.9 Å². The van der Waals surface area contributed by atoms with Crippen LogP contribution in [-0.4, -0.2) is 67.0 Å². The first-order chi connectivity index (χ1) is 12.1. The third-order valence-electron chi connectivity index (χ3n) is 4.69. The molecule has 7 heteroatoms. The molecule has 1 atom stereocenters. The summed E-state index contributed by atoms with van der Waals surface area (Å²) in [6, 6.07) is 9.42. The van der Waals surface area contributed by atoms with Crippen LogP contribution in [0.15, 0.2) is 30.3 Å². The van der Waals surface area contributed by atoms with Crippen LogP contribution in [0.3, 0.4) is 0 Å². The lowest BCUT2D eigenvalue weighted by Crippen LogP contribution is -2.52. The molecular formula is C18H23N3O4. The monoisotopic (exact) mass is 345 g/mol. The predicted molar refractivity (Wildman–Crippen MR) is 92.1 cm³/mol. The van der Waals surface area contributed by atoms with E-state index in [9.17, 15) is 14.4 Å². The standard InChI is InChI=1S/C18H23N3O4/c1-2-25-18(24)20-12-10-19(11-13-20)16(22)15-8-9-21(17(15)23)14-6-4-3-5-7-14/h3-7,15H,2,8-13H2,1H3/t15-/m1/s1. The van der Waals surface area contributed by atoms with Gasteiger partial charge in [0.25, 0.3) is 0 Å². The van der Waals surface area contributed by atoms with E-state index in [4.69, 9.17) is 4.74 Å². The molecule has 0 unspecified atom stereocenters. The maximum absolute atomic E-state index is 12.7. The summed E-state index contributed by atoms with van der Waals surface area (Å²) in [6.07, 6.45) is 0.187. The Kier molecular flexibility index (Phi) is 5.21. The quantitative estimate of drug-likeness (QED) is 0.775. The molecule has 0 N–H and O–H groups in total. The molecule has 2 aliphatic rings. The van der Waals surface area contributed by atoms with Crippen molar-refractivity contribution in [2.75, 3.05) is 44.2 Å². The van der Waals surface area contributed by atoms with E-state index >= 15 is 0 Å². The normalized spacial score (nSPS) is 20.8. The largest absolute Gasteiger partial charge is 0.450 e. The number of piperazine rings is 1. The van der Waals surface area contributed by atoms with Gasteiger partial charge in [-0.2, -0.15) is 0 Å². The molecule has 0 saturated carbocycles. The van der Waals surface area contributed by atoms with Gasteiger partial charge in [-0.3, -0.25) is 9.59 Å². The van der Waals surface area contributed by atoms with Gasteiger partial charge >= 0.3 is 6.09 Å². The minimum atomic E-state index is -0.616. The van der Waals surface area contributed by atoms with Crippen molar-refractivity contribution in [1.82, 2.24) is 9.80 Å². The molecule has 0 aliphatic carbocycles. The van der Waals surface area contributed by atoms with E-state index in [1.54, 1.807) is 21.6 Å². The summed E-state index contributed by atoms with van der Waals surface area (Å²) >= 11 is 0. The maximum Gasteiger partial charge on any atom is 0.409 e. The number of amides is 3. The van der Waals surface area contributed by atoms with E-state index in [2.05, 4.69) is 0 Å². The second kappa shape index (κ2) is 7.55. The lowest BCUT2D eigenvalue weighted by atomic mass is 10.1. The van der Waals surface area contributed by atoms with Crippen LogP contribution in [0.2, 0.25) is 0 Å². The lowest BCUT2D eigenvalue weighted by molar-refractivity contribution is -0.141. The Hall–Kier alpha value is -2.57. The fraction of sp³-hybridized carbons (Fsp3) is 0.500. The van der Waals surface area contributed by atoms with Gasteiger partial charge in [0.1, 0.15) is 5.92 Å². The first-order valence-corrected chi connectivity index (χ1v) is 8.68. The van der Waals surface area contributed by atoms with Gasteiger partial charge in [0.05, 0.1) is 6.61 Å². The number of rotatable bonds is 3. The average molecular weight is 345 g/mol. The highest BCUT2D eigenvalue weighted by atomic mass is 16.6. The van der Waals surface area contributed by atoms with E-state index in [0.717, 1.165) is 5.69 Å². The summed E-state index contributed by atoms with van der Waals surface area (Å²) in [7, 11) is 0. The first kappa shape index (κ1) is 17.3. The van der Waals surface area contributed by atoms with E-state index in [1.807, 2.05) is 30.3 Å². The zero-order valence-corrected chi connectivity index (χ0v) is 14.4. The molecule has 2 saturated heterocycles. The van der Waals surface area contributed by atoms with Crippen LogP contribution in [0, 0.1) is 5.92 Å². The number of benzene rings is 1. The minimum absolute atomic E-state index is 0.132. The van der Waals surface area contributed by atoms with Gasteiger partial charge in [-0.15, -0.1) is 0 Å². The van der Waals surface area contributed by atoms with Crippen molar-refractivity contribution in [1.29, 1.82) is 0 Å². The Balaban J connectivity index is 1.58. The van der Waals surface area contributed by atoms with Gasteiger partial charge in [0.2, 0.25) is 11.8 Å². The topological polar surface area (TPSA) is 70.2 Å². The molecule has 1 aromatic carbocycles. The maximum atomic E-state index is 12.7. The first-order valence-electron chi connectivity index (χ1n) is 8.68. The number of para-hydroxylation sites is 1. The molecule has 0 radical (unpaired) electrons. The summed E-state index contributed by atoms with van der Waals surface area (Å²) < 4.78 is 4.98. The fourth-order valence-electron chi connectivity index (χ4n) is 3.32. The summed E-state index contributed by atoms with van der Waals surface area (Å²) in [5, 5.41) is 0. The smallest absolute Gasteiger partial charge is 0.409 e. The summed E-state index contributed by atoms with van der Waals surface area (Å²) in [6.45, 7) is 4.41. The second-order valence-electron chi connectivity index (χ2n) is 6.18. The van der Waals surface area contributed by atoms with Crippen LogP contribution in [-0.2, 0) is 14.3 Å². The molecule has 2 heterocycles. The fourth-order valence-corrected chi connectivity index (χ4v) is 3.32. The molecule has 3 rings (SSSR count). The number of ether oxygens (including phenoxy) is 1. The predicted octanol–water partition coefficient (Wildman–Crippen LogP) is 1.34. The second-order valence-corrected chi connectivity index (χ2v) is 6.18. The Morgan fingerprint density at radius 1 is 1.04 bits per heavy atom. The van der Waals surface area contributed by atoms with Crippen LogP contribution in [0.25, 0.3) is 0 Å². The van der Waals surface area contributed by atoms with E-state index in [1.165, 1.54) is 0 Å². The van der Waals surface area contributed by atoms with Crippen molar-refractivity contribution >= 4 is 23.6 Å². The molecular weight excluding hydrogens is 322 g/mol. The number of hydrogen-bond donors (Lipinski definition) is 0. The third-order valence-corrected chi connectivity index (χ3v) is 4.69. The Morgan fingerprint density at radius 2 is 1.68 bits per heavy atom. The molecule has 2 fully saturated rings. The number of carbonyl (C=O) groups excluding carboxylic acids is 3. The van der Waals surface area contributed by atoms with Gasteiger partial charge in [-0.1, -0.05) is 18.2 Å². The van der Waals surface area contributed by atoms with Gasteiger partial charge in [-0.25, -0.2) is 4.79 Å². The molecule has 134 valence electrons. The van der Waals surface area contributed by atoms with Crippen LogP contribution in [0.5, 0.6) is 0 Å². The highest BCUT2D eigenvalue weighted by Gasteiger charge is 2.40. The molecule has 0 spiro atoms. The molecule has 7 nitrogen and oxygen atoms in total. The SMILES string of the molecule is CCOC(=O)N1CCN(C(=O)[C@H]2CCN(c3ccccc3)C2=O)CC1. The van der Waals surface area contributed by atoms with Crippen molar-refractivity contribution in [3.63, 3.8) is 0 Å². The minimum Gasteiger partial charge on any atom is -0.450 e. The number of nitrogens with zero attached hydrogens (tertiary/aromatic N) is 3. The lowest BCUT2D eigenvalue weighted by Gasteiger charge is -2.35. The number of anilines is 1. The molecule has 25 heavy (non-hydrogen) atoms. The summed E-state index contributed by atoms with van der Waals surface area (Å²) in [5.41, 5.74) is 0.829. The summed E-state index contributed by atoms with van der Waals surface area (Å²) in [4.78, 5) is 42.1. The zero-order valence-electron chi connectivity index (χ0n) is 14.4. The van der Waals surface area contributed by atoms with Crippen LogP contribution >= 0.6 is 0 Å². The van der Waals surface area contributed by atoms with E-state index in [0.29, 0.717) is 45.8 Å². The Morgan fingerprint density at radius 3 is 2.32 bits per heavy atom. The van der Waals surface area contributed by atoms with Crippen molar-refractivity contribution in [3.8, 4) is 0 Å². The van der Waals surface area contributed by atoms with Crippen LogP contribution in [0.4, 0.5) is 10.5 Å².